The van der Waals surface area contributed by atoms with E-state index in [4.69, 9.17) is 14.2 Å². The van der Waals surface area contributed by atoms with Crippen LogP contribution >= 0.6 is 0 Å². The summed E-state index contributed by atoms with van der Waals surface area (Å²) in [6.07, 6.45) is 4.77. The zero-order chi connectivity index (χ0) is 18.6. The van der Waals surface area contributed by atoms with E-state index >= 15 is 0 Å². The number of hydrogen-bond donors (Lipinski definition) is 0. The SMILES string of the molecule is O=C(CCC(=O)c1ccc2c(c1)CCCC2)OCc1ccc2c(c1)OCO2. The summed E-state index contributed by atoms with van der Waals surface area (Å²) in [7, 11) is 0. The van der Waals surface area contributed by atoms with Crippen molar-refractivity contribution in [2.24, 2.45) is 0 Å². The standard InChI is InChI=1S/C22H22O5/c23-19(18-7-6-16-3-1-2-4-17(16)12-18)8-10-22(24)25-13-15-5-9-20-21(11-15)27-14-26-20/h5-7,9,11-12H,1-4,8,10,13-14H2. The Balaban J connectivity index is 1.27. The highest BCUT2D eigenvalue weighted by atomic mass is 16.7. The molecule has 0 aromatic heterocycles. The molecular weight excluding hydrogens is 344 g/mol. The fourth-order valence-corrected chi connectivity index (χ4v) is 3.53. The van der Waals surface area contributed by atoms with Crippen molar-refractivity contribution in [1.82, 2.24) is 0 Å². The third-order valence-electron chi connectivity index (χ3n) is 5.06. The summed E-state index contributed by atoms with van der Waals surface area (Å²) < 4.78 is 15.8. The molecule has 5 nitrogen and oxygen atoms in total. The van der Waals surface area contributed by atoms with Gasteiger partial charge in [0.1, 0.15) is 6.61 Å². The molecule has 0 spiro atoms. The van der Waals surface area contributed by atoms with E-state index in [0.29, 0.717) is 17.1 Å². The van der Waals surface area contributed by atoms with Crippen LogP contribution in [0.15, 0.2) is 36.4 Å². The summed E-state index contributed by atoms with van der Waals surface area (Å²) in [5.74, 6) is 0.967. The highest BCUT2D eigenvalue weighted by molar-refractivity contribution is 5.97. The van der Waals surface area contributed by atoms with Crippen LogP contribution in [0.2, 0.25) is 0 Å². The molecule has 0 saturated carbocycles. The molecule has 0 N–H and O–H groups in total. The van der Waals surface area contributed by atoms with Crippen molar-refractivity contribution in [3.05, 3.63) is 58.7 Å². The molecule has 2 aliphatic rings. The van der Waals surface area contributed by atoms with Crippen LogP contribution in [-0.2, 0) is 29.0 Å². The summed E-state index contributed by atoms with van der Waals surface area (Å²) in [6, 6.07) is 11.4. The zero-order valence-corrected chi connectivity index (χ0v) is 15.2. The lowest BCUT2D eigenvalue weighted by Crippen LogP contribution is -2.10. The van der Waals surface area contributed by atoms with Gasteiger partial charge in [-0.15, -0.1) is 0 Å². The van der Waals surface area contributed by atoms with Crippen molar-refractivity contribution in [2.45, 2.75) is 45.1 Å². The van der Waals surface area contributed by atoms with Gasteiger partial charge in [0.15, 0.2) is 17.3 Å². The van der Waals surface area contributed by atoms with Crippen LogP contribution in [0.4, 0.5) is 0 Å². The van der Waals surface area contributed by atoms with E-state index in [1.807, 2.05) is 18.2 Å². The number of Topliss-reactive ketones (excluding diaryl/α,β-unsaturated/α-hetero) is 1. The van der Waals surface area contributed by atoms with Gasteiger partial charge in [-0.1, -0.05) is 18.2 Å². The lowest BCUT2D eigenvalue weighted by molar-refractivity contribution is -0.144. The Kier molecular flexibility index (Phi) is 5.10. The first-order chi connectivity index (χ1) is 13.2. The number of rotatable bonds is 6. The summed E-state index contributed by atoms with van der Waals surface area (Å²) >= 11 is 0. The Morgan fingerprint density at radius 1 is 0.889 bits per heavy atom. The largest absolute Gasteiger partial charge is 0.461 e. The molecule has 0 fully saturated rings. The monoisotopic (exact) mass is 366 g/mol. The Bertz CT molecular complexity index is 871. The number of carbonyl (C=O) groups excluding carboxylic acids is 2. The van der Waals surface area contributed by atoms with Crippen LogP contribution in [0.3, 0.4) is 0 Å². The number of aryl methyl sites for hydroxylation is 2. The molecule has 0 bridgehead atoms. The Morgan fingerprint density at radius 2 is 1.70 bits per heavy atom. The maximum Gasteiger partial charge on any atom is 0.306 e. The number of ketones is 1. The molecule has 4 rings (SSSR count). The highest BCUT2D eigenvalue weighted by Gasteiger charge is 2.16. The van der Waals surface area contributed by atoms with E-state index in [1.54, 1.807) is 12.1 Å². The predicted octanol–water partition coefficient (Wildman–Crippen LogP) is 4.00. The normalized spacial score (nSPS) is 14.5. The average molecular weight is 366 g/mol. The van der Waals surface area contributed by atoms with Crippen LogP contribution in [-0.4, -0.2) is 18.5 Å². The minimum Gasteiger partial charge on any atom is -0.461 e. The smallest absolute Gasteiger partial charge is 0.306 e. The van der Waals surface area contributed by atoms with Gasteiger partial charge in [-0.05, 0) is 60.6 Å². The molecule has 27 heavy (non-hydrogen) atoms. The van der Waals surface area contributed by atoms with Gasteiger partial charge in [0.05, 0.1) is 6.42 Å². The fraction of sp³-hybridized carbons (Fsp3) is 0.364. The molecule has 0 amide bonds. The summed E-state index contributed by atoms with van der Waals surface area (Å²) in [4.78, 5) is 24.4. The molecule has 0 atom stereocenters. The second-order valence-corrected chi connectivity index (χ2v) is 6.96. The van der Waals surface area contributed by atoms with Crippen LogP contribution < -0.4 is 9.47 Å². The van der Waals surface area contributed by atoms with Gasteiger partial charge < -0.3 is 14.2 Å². The maximum atomic E-state index is 12.4. The summed E-state index contributed by atoms with van der Waals surface area (Å²) in [5.41, 5.74) is 4.14. The van der Waals surface area contributed by atoms with Crippen LogP contribution in [0.25, 0.3) is 0 Å². The van der Waals surface area contributed by atoms with Gasteiger partial charge in [0.25, 0.3) is 0 Å². The second kappa shape index (κ2) is 7.82. The minimum absolute atomic E-state index is 0.0107. The van der Waals surface area contributed by atoms with Crippen molar-refractivity contribution >= 4 is 11.8 Å². The van der Waals surface area contributed by atoms with E-state index in [9.17, 15) is 9.59 Å². The highest BCUT2D eigenvalue weighted by Crippen LogP contribution is 2.32. The van der Waals surface area contributed by atoms with E-state index in [-0.39, 0.29) is 38.0 Å². The lowest BCUT2D eigenvalue weighted by atomic mass is 9.89. The molecule has 5 heteroatoms. The first kappa shape index (κ1) is 17.6. The maximum absolute atomic E-state index is 12.4. The first-order valence-electron chi connectivity index (χ1n) is 9.38. The summed E-state index contributed by atoms with van der Waals surface area (Å²) in [6.45, 7) is 0.367. The van der Waals surface area contributed by atoms with Crippen molar-refractivity contribution in [1.29, 1.82) is 0 Å². The van der Waals surface area contributed by atoms with Crippen molar-refractivity contribution in [3.8, 4) is 11.5 Å². The van der Waals surface area contributed by atoms with E-state index in [0.717, 1.165) is 18.4 Å². The van der Waals surface area contributed by atoms with Crippen LogP contribution in [0.1, 0.15) is 52.7 Å². The van der Waals surface area contributed by atoms with Gasteiger partial charge in [0, 0.05) is 12.0 Å². The molecule has 0 radical (unpaired) electrons. The van der Waals surface area contributed by atoms with Crippen molar-refractivity contribution in [3.63, 3.8) is 0 Å². The second-order valence-electron chi connectivity index (χ2n) is 6.96. The molecule has 2 aromatic rings. The molecule has 0 saturated heterocycles. The molecule has 140 valence electrons. The number of benzene rings is 2. The van der Waals surface area contributed by atoms with Gasteiger partial charge in [-0.25, -0.2) is 0 Å². The van der Waals surface area contributed by atoms with Gasteiger partial charge in [-0.3, -0.25) is 9.59 Å². The third kappa shape index (κ3) is 4.13. The predicted molar refractivity (Wildman–Crippen MR) is 99.0 cm³/mol. The van der Waals surface area contributed by atoms with Crippen molar-refractivity contribution in [2.75, 3.05) is 6.79 Å². The molecule has 1 aliphatic carbocycles. The van der Waals surface area contributed by atoms with Crippen LogP contribution in [0.5, 0.6) is 11.5 Å². The van der Waals surface area contributed by atoms with E-state index < -0.39 is 0 Å². The lowest BCUT2D eigenvalue weighted by Gasteiger charge is -2.16. The average Bonchev–Trinajstić information content (AvgIpc) is 3.18. The summed E-state index contributed by atoms with van der Waals surface area (Å²) in [5, 5.41) is 0. The van der Waals surface area contributed by atoms with Crippen molar-refractivity contribution < 1.29 is 23.8 Å². The number of ether oxygens (including phenoxy) is 3. The number of fused-ring (bicyclic) bond motifs is 2. The van der Waals surface area contributed by atoms with Gasteiger partial charge in [-0.2, -0.15) is 0 Å². The molecule has 2 aromatic carbocycles. The minimum atomic E-state index is -0.376. The number of carbonyl (C=O) groups is 2. The molecule has 0 unspecified atom stereocenters. The van der Waals surface area contributed by atoms with Gasteiger partial charge in [0.2, 0.25) is 6.79 Å². The van der Waals surface area contributed by atoms with E-state index in [1.165, 1.54) is 24.0 Å². The van der Waals surface area contributed by atoms with Crippen LogP contribution in [0, 0.1) is 0 Å². The quantitative estimate of drug-likeness (QED) is 0.571. The van der Waals surface area contributed by atoms with E-state index in [2.05, 4.69) is 6.07 Å². The third-order valence-corrected chi connectivity index (χ3v) is 5.06. The van der Waals surface area contributed by atoms with Gasteiger partial charge >= 0.3 is 5.97 Å². The molecular formula is C22H22O5. The number of hydrogen-bond acceptors (Lipinski definition) is 5. The molecule has 1 heterocycles. The Morgan fingerprint density at radius 3 is 2.59 bits per heavy atom. The Hall–Kier alpha value is -2.82. The zero-order valence-electron chi connectivity index (χ0n) is 15.2. The Labute approximate surface area is 158 Å². The first-order valence-corrected chi connectivity index (χ1v) is 9.38. The number of esters is 1. The fourth-order valence-electron chi connectivity index (χ4n) is 3.53. The topological polar surface area (TPSA) is 61.8 Å². The molecule has 1 aliphatic heterocycles.